The lowest BCUT2D eigenvalue weighted by Crippen LogP contribution is -2.18. The van der Waals surface area contributed by atoms with Crippen LogP contribution >= 0.6 is 22.9 Å². The van der Waals surface area contributed by atoms with Crippen LogP contribution in [0.3, 0.4) is 0 Å². The van der Waals surface area contributed by atoms with Crippen LogP contribution in [0, 0.1) is 0 Å². The number of thiophene rings is 1. The van der Waals surface area contributed by atoms with Crippen LogP contribution in [-0.2, 0) is 6.54 Å². The predicted octanol–water partition coefficient (Wildman–Crippen LogP) is 4.17. The van der Waals surface area contributed by atoms with Crippen molar-refractivity contribution in [3.8, 4) is 0 Å². The minimum absolute atomic E-state index is 0.672. The predicted molar refractivity (Wildman–Crippen MR) is 87.6 cm³/mol. The molecule has 3 nitrogen and oxygen atoms in total. The summed E-state index contributed by atoms with van der Waals surface area (Å²) < 4.78 is 1.24. The van der Waals surface area contributed by atoms with Crippen LogP contribution in [0.4, 0.5) is 11.5 Å². The number of pyridine rings is 1. The molecule has 102 valence electrons. The maximum atomic E-state index is 6.22. The Labute approximate surface area is 126 Å². The molecule has 0 atom stereocenters. The molecule has 2 N–H and O–H groups in total. The molecule has 0 aliphatic rings. The number of aromatic nitrogens is 1. The van der Waals surface area contributed by atoms with E-state index in [0.717, 1.165) is 22.1 Å². The number of halogens is 1. The van der Waals surface area contributed by atoms with Crippen molar-refractivity contribution in [1.29, 1.82) is 0 Å². The summed E-state index contributed by atoms with van der Waals surface area (Å²) >= 11 is 7.94. The Bertz CT molecular complexity index is 754. The van der Waals surface area contributed by atoms with Crippen molar-refractivity contribution in [3.63, 3.8) is 0 Å². The molecule has 20 heavy (non-hydrogen) atoms. The van der Waals surface area contributed by atoms with Crippen LogP contribution in [0.2, 0.25) is 5.02 Å². The Morgan fingerprint density at radius 2 is 2.15 bits per heavy atom. The normalized spacial score (nSPS) is 10.9. The molecule has 3 aromatic rings. The lowest BCUT2D eigenvalue weighted by atomic mass is 10.2. The molecule has 0 fully saturated rings. The van der Waals surface area contributed by atoms with Gasteiger partial charge in [-0.2, -0.15) is 0 Å². The van der Waals surface area contributed by atoms with Gasteiger partial charge in [0.05, 0.1) is 0 Å². The molecule has 0 saturated carbocycles. The van der Waals surface area contributed by atoms with E-state index >= 15 is 0 Å². The molecule has 1 aromatic carbocycles. The Kier molecular flexibility index (Phi) is 3.51. The van der Waals surface area contributed by atoms with E-state index in [4.69, 9.17) is 17.3 Å². The molecular formula is C15H14ClN3S. The van der Waals surface area contributed by atoms with E-state index in [-0.39, 0.29) is 0 Å². The van der Waals surface area contributed by atoms with Crippen LogP contribution in [0.5, 0.6) is 0 Å². The second kappa shape index (κ2) is 5.31. The number of nitrogens with zero attached hydrogens (tertiary/aromatic N) is 2. The molecule has 0 radical (unpaired) electrons. The minimum atomic E-state index is 0.672. The van der Waals surface area contributed by atoms with Crippen molar-refractivity contribution < 1.29 is 0 Å². The van der Waals surface area contributed by atoms with E-state index in [1.807, 2.05) is 37.5 Å². The molecule has 3 rings (SSSR count). The van der Waals surface area contributed by atoms with Crippen molar-refractivity contribution >= 4 is 44.5 Å². The maximum absolute atomic E-state index is 6.22. The summed E-state index contributed by atoms with van der Waals surface area (Å²) in [5.74, 6) is 0.960. The van der Waals surface area contributed by atoms with Crippen LogP contribution in [0.1, 0.15) is 5.56 Å². The average Bonchev–Trinajstić information content (AvgIpc) is 2.91. The van der Waals surface area contributed by atoms with E-state index in [9.17, 15) is 0 Å². The number of nitrogen functional groups attached to an aromatic ring is 1. The van der Waals surface area contributed by atoms with Crippen molar-refractivity contribution in [1.82, 2.24) is 4.98 Å². The largest absolute Gasteiger partial charge is 0.399 e. The minimum Gasteiger partial charge on any atom is -0.399 e. The lowest BCUT2D eigenvalue weighted by Gasteiger charge is -2.20. The molecule has 2 heterocycles. The topological polar surface area (TPSA) is 42.1 Å². The van der Waals surface area contributed by atoms with Crippen molar-refractivity contribution in [2.75, 3.05) is 17.7 Å². The van der Waals surface area contributed by atoms with Gasteiger partial charge in [0.1, 0.15) is 5.82 Å². The van der Waals surface area contributed by atoms with Gasteiger partial charge < -0.3 is 10.6 Å². The zero-order valence-corrected chi connectivity index (χ0v) is 12.6. The van der Waals surface area contributed by atoms with Gasteiger partial charge in [0.2, 0.25) is 0 Å². The molecule has 5 heteroatoms. The van der Waals surface area contributed by atoms with Gasteiger partial charge in [-0.05, 0) is 41.3 Å². The Balaban J connectivity index is 1.95. The van der Waals surface area contributed by atoms with Gasteiger partial charge in [0.15, 0.2) is 0 Å². The van der Waals surface area contributed by atoms with E-state index in [2.05, 4.69) is 21.3 Å². The number of benzene rings is 1. The third kappa shape index (κ3) is 2.44. The van der Waals surface area contributed by atoms with E-state index in [1.54, 1.807) is 11.3 Å². The van der Waals surface area contributed by atoms with E-state index in [1.165, 1.54) is 10.1 Å². The number of nitrogens with two attached hydrogens (primary N) is 1. The highest BCUT2D eigenvalue weighted by molar-refractivity contribution is 7.17. The van der Waals surface area contributed by atoms with Gasteiger partial charge in [-0.1, -0.05) is 11.6 Å². The third-order valence-electron chi connectivity index (χ3n) is 3.20. The first kappa shape index (κ1) is 13.2. The highest BCUT2D eigenvalue weighted by Crippen LogP contribution is 2.29. The molecule has 0 spiro atoms. The number of anilines is 2. The van der Waals surface area contributed by atoms with Crippen LogP contribution in [-0.4, -0.2) is 12.0 Å². The standard InChI is InChI=1S/C15H14ClN3S/c1-19(9-10-8-11(17)2-3-13(10)16)15-12-5-7-20-14(12)4-6-18-15/h2-8H,9,17H2,1H3. The van der Waals surface area contributed by atoms with Gasteiger partial charge in [-0.3, -0.25) is 0 Å². The number of hydrogen-bond donors (Lipinski definition) is 1. The number of fused-ring (bicyclic) bond motifs is 1. The van der Waals surface area contributed by atoms with Crippen molar-refractivity contribution in [3.05, 3.63) is 52.5 Å². The fourth-order valence-corrected chi connectivity index (χ4v) is 3.18. The molecule has 0 amide bonds. The molecule has 0 unspecified atom stereocenters. The first-order chi connectivity index (χ1) is 9.65. The van der Waals surface area contributed by atoms with Gasteiger partial charge in [0.25, 0.3) is 0 Å². The Hall–Kier alpha value is -1.78. The SMILES string of the molecule is CN(Cc1cc(N)ccc1Cl)c1nccc2sccc12. The number of rotatable bonds is 3. The maximum Gasteiger partial charge on any atom is 0.137 e. The zero-order chi connectivity index (χ0) is 14.1. The fourth-order valence-electron chi connectivity index (χ4n) is 2.23. The highest BCUT2D eigenvalue weighted by Gasteiger charge is 2.11. The Morgan fingerprint density at radius 3 is 3.00 bits per heavy atom. The zero-order valence-electron chi connectivity index (χ0n) is 11.0. The summed E-state index contributed by atoms with van der Waals surface area (Å²) in [7, 11) is 2.01. The lowest BCUT2D eigenvalue weighted by molar-refractivity contribution is 0.906. The highest BCUT2D eigenvalue weighted by atomic mass is 35.5. The average molecular weight is 304 g/mol. The quantitative estimate of drug-likeness (QED) is 0.738. The van der Waals surface area contributed by atoms with Gasteiger partial charge >= 0.3 is 0 Å². The monoisotopic (exact) mass is 303 g/mol. The van der Waals surface area contributed by atoms with Crippen LogP contribution < -0.4 is 10.6 Å². The van der Waals surface area contributed by atoms with E-state index < -0.39 is 0 Å². The first-order valence-corrected chi connectivity index (χ1v) is 7.48. The third-order valence-corrected chi connectivity index (χ3v) is 4.45. The first-order valence-electron chi connectivity index (χ1n) is 6.22. The second-order valence-corrected chi connectivity index (χ2v) is 6.03. The molecular weight excluding hydrogens is 290 g/mol. The smallest absolute Gasteiger partial charge is 0.137 e. The fraction of sp³-hybridized carbons (Fsp3) is 0.133. The molecule has 0 aliphatic carbocycles. The summed E-state index contributed by atoms with van der Waals surface area (Å²) in [5.41, 5.74) is 7.55. The van der Waals surface area contributed by atoms with Gasteiger partial charge in [-0.15, -0.1) is 11.3 Å². The molecule has 0 bridgehead atoms. The molecule has 0 saturated heterocycles. The summed E-state index contributed by atoms with van der Waals surface area (Å²) in [6, 6.07) is 9.68. The van der Waals surface area contributed by atoms with Crippen molar-refractivity contribution in [2.24, 2.45) is 0 Å². The second-order valence-electron chi connectivity index (χ2n) is 4.67. The summed E-state index contributed by atoms with van der Waals surface area (Å²) in [4.78, 5) is 6.58. The summed E-state index contributed by atoms with van der Waals surface area (Å²) in [6.07, 6.45) is 1.84. The van der Waals surface area contributed by atoms with Crippen LogP contribution in [0.25, 0.3) is 10.1 Å². The van der Waals surface area contributed by atoms with Crippen molar-refractivity contribution in [2.45, 2.75) is 6.54 Å². The van der Waals surface area contributed by atoms with Gasteiger partial charge in [-0.25, -0.2) is 4.98 Å². The van der Waals surface area contributed by atoms with Gasteiger partial charge in [0, 0.05) is 40.6 Å². The number of hydrogen-bond acceptors (Lipinski definition) is 4. The Morgan fingerprint density at radius 1 is 1.30 bits per heavy atom. The van der Waals surface area contributed by atoms with Crippen LogP contribution in [0.15, 0.2) is 41.9 Å². The summed E-state index contributed by atoms with van der Waals surface area (Å²) in [5, 5.41) is 3.97. The van der Waals surface area contributed by atoms with E-state index in [0.29, 0.717) is 6.54 Å². The molecule has 0 aliphatic heterocycles. The summed E-state index contributed by atoms with van der Waals surface area (Å²) in [6.45, 7) is 0.672. The molecule has 2 aromatic heterocycles.